The van der Waals surface area contributed by atoms with Crippen molar-refractivity contribution in [3.63, 3.8) is 0 Å². The summed E-state index contributed by atoms with van der Waals surface area (Å²) in [5, 5.41) is 7.75. The van der Waals surface area contributed by atoms with E-state index in [0.29, 0.717) is 10.6 Å². The molecule has 0 unspecified atom stereocenters. The molecule has 2 heterocycles. The first-order valence-electron chi connectivity index (χ1n) is 8.21. The molecule has 0 fully saturated rings. The number of carbonyl (C=O) groups is 2. The Kier molecular flexibility index (Phi) is 4.71. The summed E-state index contributed by atoms with van der Waals surface area (Å²) in [5.74, 6) is -0.657. The monoisotopic (exact) mass is 346 g/mol. The van der Waals surface area contributed by atoms with Crippen LogP contribution in [-0.2, 0) is 24.2 Å². The summed E-state index contributed by atoms with van der Waals surface area (Å²) in [6.07, 6.45) is 5.15. The number of nitrogens with two attached hydrogens (primary N) is 1. The summed E-state index contributed by atoms with van der Waals surface area (Å²) in [5.41, 5.74) is 8.93. The van der Waals surface area contributed by atoms with Gasteiger partial charge in [-0.25, -0.2) is 0 Å². The average molecular weight is 346 g/mol. The lowest BCUT2D eigenvalue weighted by Crippen LogP contribution is -2.22. The van der Waals surface area contributed by atoms with Gasteiger partial charge in [0.15, 0.2) is 0 Å². The normalized spacial score (nSPS) is 14.1. The van der Waals surface area contributed by atoms with Crippen LogP contribution in [-0.4, -0.2) is 21.6 Å². The highest BCUT2D eigenvalue weighted by molar-refractivity contribution is 7.17. The highest BCUT2D eigenvalue weighted by Gasteiger charge is 2.24. The number of aryl methyl sites for hydroxylation is 3. The molecule has 0 bridgehead atoms. The molecule has 1 aliphatic rings. The lowest BCUT2D eigenvalue weighted by atomic mass is 10.1. The molecule has 0 aromatic carbocycles. The van der Waals surface area contributed by atoms with Gasteiger partial charge in [-0.1, -0.05) is 6.42 Å². The molecule has 2 aromatic heterocycles. The Hall–Kier alpha value is -2.15. The van der Waals surface area contributed by atoms with Crippen LogP contribution < -0.4 is 11.1 Å². The number of thiophene rings is 1. The molecule has 2 aromatic rings. The van der Waals surface area contributed by atoms with Gasteiger partial charge in [0.25, 0.3) is 5.91 Å². The molecular weight excluding hydrogens is 324 g/mol. The lowest BCUT2D eigenvalue weighted by molar-refractivity contribution is -0.116. The van der Waals surface area contributed by atoms with Crippen molar-refractivity contribution in [2.45, 2.75) is 52.5 Å². The number of amides is 2. The minimum absolute atomic E-state index is 0.125. The van der Waals surface area contributed by atoms with E-state index in [1.54, 1.807) is 4.68 Å². The van der Waals surface area contributed by atoms with Crippen LogP contribution in [0.2, 0.25) is 0 Å². The van der Waals surface area contributed by atoms with Gasteiger partial charge >= 0.3 is 0 Å². The van der Waals surface area contributed by atoms with E-state index < -0.39 is 5.91 Å². The molecule has 0 saturated carbocycles. The Morgan fingerprint density at radius 3 is 2.71 bits per heavy atom. The van der Waals surface area contributed by atoms with Gasteiger partial charge in [0.05, 0.1) is 11.3 Å². The molecule has 0 aliphatic heterocycles. The highest BCUT2D eigenvalue weighted by atomic mass is 32.1. The number of anilines is 1. The van der Waals surface area contributed by atoms with Crippen molar-refractivity contribution in [2.24, 2.45) is 5.73 Å². The first-order valence-corrected chi connectivity index (χ1v) is 9.02. The van der Waals surface area contributed by atoms with Crippen molar-refractivity contribution in [1.82, 2.24) is 9.78 Å². The van der Waals surface area contributed by atoms with Crippen molar-refractivity contribution < 1.29 is 9.59 Å². The Morgan fingerprint density at radius 2 is 2.04 bits per heavy atom. The largest absolute Gasteiger partial charge is 0.365 e. The Balaban J connectivity index is 1.83. The zero-order valence-corrected chi connectivity index (χ0v) is 14.8. The number of fused-ring (bicyclic) bond motifs is 1. The van der Waals surface area contributed by atoms with Crippen LogP contribution in [0.5, 0.6) is 0 Å². The maximum atomic E-state index is 12.4. The second-order valence-corrected chi connectivity index (χ2v) is 7.37. The van der Waals surface area contributed by atoms with Crippen LogP contribution in [0.25, 0.3) is 0 Å². The maximum absolute atomic E-state index is 12.4. The Bertz CT molecular complexity index is 791. The van der Waals surface area contributed by atoms with Crippen LogP contribution >= 0.6 is 11.3 Å². The maximum Gasteiger partial charge on any atom is 0.251 e. The van der Waals surface area contributed by atoms with Gasteiger partial charge in [-0.2, -0.15) is 5.10 Å². The van der Waals surface area contributed by atoms with Gasteiger partial charge in [-0.15, -0.1) is 11.3 Å². The number of nitrogens with zero attached hydrogens (tertiary/aromatic N) is 2. The van der Waals surface area contributed by atoms with Gasteiger partial charge in [-0.05, 0) is 51.2 Å². The summed E-state index contributed by atoms with van der Waals surface area (Å²) >= 11 is 1.49. The fourth-order valence-electron chi connectivity index (χ4n) is 3.23. The predicted molar refractivity (Wildman–Crippen MR) is 94.4 cm³/mol. The van der Waals surface area contributed by atoms with E-state index in [1.807, 2.05) is 19.9 Å². The van der Waals surface area contributed by atoms with E-state index in [-0.39, 0.29) is 12.5 Å². The van der Waals surface area contributed by atoms with Gasteiger partial charge in [0.2, 0.25) is 5.91 Å². The molecule has 3 rings (SSSR count). The minimum Gasteiger partial charge on any atom is -0.365 e. The standard InChI is InChI=1S/C17H22N4O2S/c1-10-8-11(2)21(20-10)9-14(22)19-17-15(16(18)23)12-6-4-3-5-7-13(12)24-17/h8H,3-7,9H2,1-2H3,(H2,18,23)(H,19,22). The van der Waals surface area contributed by atoms with E-state index in [0.717, 1.165) is 42.6 Å². The first kappa shape index (κ1) is 16.7. The van der Waals surface area contributed by atoms with E-state index in [2.05, 4.69) is 10.4 Å². The van der Waals surface area contributed by atoms with Crippen LogP contribution in [0.15, 0.2) is 6.07 Å². The molecule has 3 N–H and O–H groups in total. The van der Waals surface area contributed by atoms with Gasteiger partial charge in [-0.3, -0.25) is 14.3 Å². The molecule has 0 spiro atoms. The fourth-order valence-corrected chi connectivity index (χ4v) is 4.54. The van der Waals surface area contributed by atoms with E-state index in [9.17, 15) is 9.59 Å². The van der Waals surface area contributed by atoms with Gasteiger partial charge < -0.3 is 11.1 Å². The van der Waals surface area contributed by atoms with Gasteiger partial charge in [0.1, 0.15) is 11.5 Å². The number of hydrogen-bond acceptors (Lipinski definition) is 4. The lowest BCUT2D eigenvalue weighted by Gasteiger charge is -2.07. The molecule has 2 amide bonds. The number of hydrogen-bond donors (Lipinski definition) is 2. The summed E-state index contributed by atoms with van der Waals surface area (Å²) < 4.78 is 1.66. The molecule has 128 valence electrons. The third-order valence-electron chi connectivity index (χ3n) is 4.32. The number of carbonyl (C=O) groups excluding carboxylic acids is 2. The zero-order chi connectivity index (χ0) is 17.3. The van der Waals surface area contributed by atoms with E-state index in [1.165, 1.54) is 22.6 Å². The molecule has 0 saturated heterocycles. The van der Waals surface area contributed by atoms with Crippen LogP contribution in [0.3, 0.4) is 0 Å². The summed E-state index contributed by atoms with van der Waals surface area (Å²) in [4.78, 5) is 25.5. The molecule has 0 radical (unpaired) electrons. The van der Waals surface area contributed by atoms with E-state index >= 15 is 0 Å². The Labute approximate surface area is 145 Å². The van der Waals surface area contributed by atoms with Crippen LogP contribution in [0.4, 0.5) is 5.00 Å². The van der Waals surface area contributed by atoms with Crippen molar-refractivity contribution in [3.8, 4) is 0 Å². The van der Waals surface area contributed by atoms with Crippen molar-refractivity contribution in [3.05, 3.63) is 33.5 Å². The first-order chi connectivity index (χ1) is 11.5. The summed E-state index contributed by atoms with van der Waals surface area (Å²) in [6.45, 7) is 3.93. The number of primary amides is 1. The Morgan fingerprint density at radius 1 is 1.29 bits per heavy atom. The molecule has 1 aliphatic carbocycles. The molecule has 0 atom stereocenters. The zero-order valence-electron chi connectivity index (χ0n) is 14.0. The SMILES string of the molecule is Cc1cc(C)n(CC(=O)Nc2sc3c(c2C(N)=O)CCCCC3)n1. The summed E-state index contributed by atoms with van der Waals surface area (Å²) in [6, 6.07) is 1.93. The van der Waals surface area contributed by atoms with Gasteiger partial charge in [0, 0.05) is 10.6 Å². The minimum atomic E-state index is -0.462. The summed E-state index contributed by atoms with van der Waals surface area (Å²) in [7, 11) is 0. The fraction of sp³-hybridized carbons (Fsp3) is 0.471. The molecule has 6 nitrogen and oxygen atoms in total. The highest BCUT2D eigenvalue weighted by Crippen LogP contribution is 2.37. The van der Waals surface area contributed by atoms with Crippen LogP contribution in [0.1, 0.15) is 51.4 Å². The second kappa shape index (κ2) is 6.76. The smallest absolute Gasteiger partial charge is 0.251 e. The molecule has 24 heavy (non-hydrogen) atoms. The quantitative estimate of drug-likeness (QED) is 0.834. The molecule has 7 heteroatoms. The van der Waals surface area contributed by atoms with Crippen molar-refractivity contribution in [2.75, 3.05) is 5.32 Å². The van der Waals surface area contributed by atoms with E-state index in [4.69, 9.17) is 5.73 Å². The van der Waals surface area contributed by atoms with Crippen molar-refractivity contribution in [1.29, 1.82) is 0 Å². The number of nitrogens with one attached hydrogen (secondary N) is 1. The molecular formula is C17H22N4O2S. The topological polar surface area (TPSA) is 90.0 Å². The third kappa shape index (κ3) is 3.36. The third-order valence-corrected chi connectivity index (χ3v) is 5.52. The second-order valence-electron chi connectivity index (χ2n) is 6.27. The number of aromatic nitrogens is 2. The van der Waals surface area contributed by atoms with Crippen molar-refractivity contribution >= 4 is 28.2 Å². The number of rotatable bonds is 4. The van der Waals surface area contributed by atoms with Crippen LogP contribution in [0, 0.1) is 13.8 Å². The average Bonchev–Trinajstić information content (AvgIpc) is 2.89. The predicted octanol–water partition coefficient (Wildman–Crippen LogP) is 2.57.